The average Bonchev–Trinajstić information content (AvgIpc) is 3.18. The Morgan fingerprint density at radius 3 is 3.05 bits per heavy atom. The maximum atomic E-state index is 4.61. The number of nitrogens with zero attached hydrogens (tertiary/aromatic N) is 5. The minimum atomic E-state index is 0.686. The number of rotatable bonds is 3. The molecule has 0 unspecified atom stereocenters. The van der Waals surface area contributed by atoms with Crippen molar-refractivity contribution in [2.45, 2.75) is 25.8 Å². The molecular weight excluding hydrogens is 294 g/mol. The number of hydrogen-bond acceptors (Lipinski definition) is 5. The summed E-state index contributed by atoms with van der Waals surface area (Å²) < 4.78 is 2.17. The third-order valence-corrected chi connectivity index (χ3v) is 5.97. The molecule has 3 aromatic heterocycles. The SMILES string of the molecule is c1cn(CC2CN(c3ncnc4sc5c(c34)CCC5)C2)cn1. The maximum absolute atomic E-state index is 4.61. The maximum Gasteiger partial charge on any atom is 0.141 e. The Morgan fingerprint density at radius 2 is 2.18 bits per heavy atom. The summed E-state index contributed by atoms with van der Waals surface area (Å²) in [5.74, 6) is 1.84. The first-order chi connectivity index (χ1) is 10.9. The Bertz CT molecular complexity index is 817. The number of thiophene rings is 1. The van der Waals surface area contributed by atoms with Gasteiger partial charge in [-0.15, -0.1) is 11.3 Å². The molecule has 0 bridgehead atoms. The Morgan fingerprint density at radius 1 is 1.23 bits per heavy atom. The van der Waals surface area contributed by atoms with Gasteiger partial charge >= 0.3 is 0 Å². The summed E-state index contributed by atoms with van der Waals surface area (Å²) >= 11 is 1.87. The van der Waals surface area contributed by atoms with Crippen LogP contribution in [-0.2, 0) is 19.4 Å². The van der Waals surface area contributed by atoms with Crippen LogP contribution in [0.2, 0.25) is 0 Å². The van der Waals surface area contributed by atoms with Crippen LogP contribution in [0.3, 0.4) is 0 Å². The van der Waals surface area contributed by atoms with Crippen LogP contribution >= 0.6 is 11.3 Å². The molecule has 6 heteroatoms. The highest BCUT2D eigenvalue weighted by atomic mass is 32.1. The second kappa shape index (κ2) is 4.78. The number of hydrogen-bond donors (Lipinski definition) is 0. The van der Waals surface area contributed by atoms with Crippen molar-refractivity contribution in [1.82, 2.24) is 19.5 Å². The van der Waals surface area contributed by atoms with Gasteiger partial charge in [0.15, 0.2) is 0 Å². The van der Waals surface area contributed by atoms with E-state index in [4.69, 9.17) is 0 Å². The van der Waals surface area contributed by atoms with E-state index in [0.717, 1.165) is 25.5 Å². The molecule has 22 heavy (non-hydrogen) atoms. The van der Waals surface area contributed by atoms with Crippen LogP contribution in [0.25, 0.3) is 10.2 Å². The van der Waals surface area contributed by atoms with Gasteiger partial charge in [-0.3, -0.25) is 0 Å². The molecule has 0 N–H and O–H groups in total. The molecule has 4 heterocycles. The fourth-order valence-corrected chi connectivity index (χ4v) is 4.93. The molecule has 0 spiro atoms. The molecule has 0 saturated carbocycles. The lowest BCUT2D eigenvalue weighted by Gasteiger charge is -2.40. The Labute approximate surface area is 132 Å². The zero-order valence-corrected chi connectivity index (χ0v) is 13.1. The van der Waals surface area contributed by atoms with Gasteiger partial charge in [-0.2, -0.15) is 0 Å². The third-order valence-electron chi connectivity index (χ3n) is 4.77. The summed E-state index contributed by atoms with van der Waals surface area (Å²) in [6.45, 7) is 3.20. The normalized spacial score (nSPS) is 17.9. The number of anilines is 1. The minimum Gasteiger partial charge on any atom is -0.355 e. The van der Waals surface area contributed by atoms with E-state index in [2.05, 4.69) is 24.4 Å². The summed E-state index contributed by atoms with van der Waals surface area (Å²) in [5, 5.41) is 1.33. The lowest BCUT2D eigenvalue weighted by Crippen LogP contribution is -2.49. The van der Waals surface area contributed by atoms with Crippen molar-refractivity contribution in [2.75, 3.05) is 18.0 Å². The minimum absolute atomic E-state index is 0.686. The van der Waals surface area contributed by atoms with Crippen LogP contribution in [-0.4, -0.2) is 32.6 Å². The summed E-state index contributed by atoms with van der Waals surface area (Å²) in [4.78, 5) is 18.3. The number of fused-ring (bicyclic) bond motifs is 3. The van der Waals surface area contributed by atoms with Crippen molar-refractivity contribution in [3.63, 3.8) is 0 Å². The fraction of sp³-hybridized carbons (Fsp3) is 0.438. The van der Waals surface area contributed by atoms with Gasteiger partial charge in [0.2, 0.25) is 0 Å². The molecule has 0 radical (unpaired) electrons. The summed E-state index contributed by atoms with van der Waals surface area (Å²) in [6, 6.07) is 0. The van der Waals surface area contributed by atoms with Crippen molar-refractivity contribution in [3.8, 4) is 0 Å². The van der Waals surface area contributed by atoms with Crippen LogP contribution in [0.1, 0.15) is 16.9 Å². The van der Waals surface area contributed by atoms with Crippen LogP contribution in [0.4, 0.5) is 5.82 Å². The molecule has 5 nitrogen and oxygen atoms in total. The van der Waals surface area contributed by atoms with Crippen molar-refractivity contribution >= 4 is 27.4 Å². The summed E-state index contributed by atoms with van der Waals surface area (Å²) in [7, 11) is 0. The second-order valence-electron chi connectivity index (χ2n) is 6.27. The van der Waals surface area contributed by atoms with Gasteiger partial charge in [-0.1, -0.05) is 0 Å². The number of imidazole rings is 1. The van der Waals surface area contributed by atoms with Gasteiger partial charge < -0.3 is 9.47 Å². The molecule has 1 saturated heterocycles. The fourth-order valence-electron chi connectivity index (χ4n) is 3.70. The molecular formula is C16H17N5S. The molecule has 5 rings (SSSR count). The van der Waals surface area contributed by atoms with Gasteiger partial charge in [0.05, 0.1) is 11.7 Å². The van der Waals surface area contributed by atoms with Crippen molar-refractivity contribution < 1.29 is 0 Å². The van der Waals surface area contributed by atoms with Crippen LogP contribution in [0.5, 0.6) is 0 Å². The van der Waals surface area contributed by atoms with Crippen molar-refractivity contribution in [3.05, 3.63) is 35.5 Å². The van der Waals surface area contributed by atoms with Crippen molar-refractivity contribution in [1.29, 1.82) is 0 Å². The average molecular weight is 311 g/mol. The van der Waals surface area contributed by atoms with Gasteiger partial charge in [0.25, 0.3) is 0 Å². The molecule has 112 valence electrons. The Hall–Kier alpha value is -1.95. The monoisotopic (exact) mass is 311 g/mol. The number of aromatic nitrogens is 4. The van der Waals surface area contributed by atoms with Crippen LogP contribution in [0, 0.1) is 5.92 Å². The van der Waals surface area contributed by atoms with E-state index in [1.165, 1.54) is 39.9 Å². The predicted molar refractivity (Wildman–Crippen MR) is 87.4 cm³/mol. The highest BCUT2D eigenvalue weighted by Gasteiger charge is 2.31. The Kier molecular flexibility index (Phi) is 2.73. The van der Waals surface area contributed by atoms with Gasteiger partial charge in [0.1, 0.15) is 17.0 Å². The van der Waals surface area contributed by atoms with Crippen LogP contribution in [0.15, 0.2) is 25.0 Å². The molecule has 0 aromatic carbocycles. The first-order valence-electron chi connectivity index (χ1n) is 7.84. The third kappa shape index (κ3) is 1.86. The van der Waals surface area contributed by atoms with Gasteiger partial charge in [0, 0.05) is 42.8 Å². The predicted octanol–water partition coefficient (Wildman–Crippen LogP) is 2.51. The molecule has 0 atom stereocenters. The highest BCUT2D eigenvalue weighted by Crippen LogP contribution is 2.41. The number of aryl methyl sites for hydroxylation is 2. The van der Waals surface area contributed by atoms with E-state index in [-0.39, 0.29) is 0 Å². The van der Waals surface area contributed by atoms with Gasteiger partial charge in [-0.25, -0.2) is 15.0 Å². The first-order valence-corrected chi connectivity index (χ1v) is 8.66. The summed E-state index contributed by atoms with van der Waals surface area (Å²) in [6.07, 6.45) is 11.2. The quantitative estimate of drug-likeness (QED) is 0.746. The molecule has 1 fully saturated rings. The van der Waals surface area contributed by atoms with Crippen LogP contribution < -0.4 is 4.90 Å². The molecule has 3 aromatic rings. The molecule has 2 aliphatic rings. The van der Waals surface area contributed by atoms with Gasteiger partial charge in [-0.05, 0) is 24.8 Å². The smallest absolute Gasteiger partial charge is 0.141 e. The van der Waals surface area contributed by atoms with E-state index in [1.54, 1.807) is 6.33 Å². The van der Waals surface area contributed by atoms with E-state index in [9.17, 15) is 0 Å². The van der Waals surface area contributed by atoms with Crippen molar-refractivity contribution in [2.24, 2.45) is 5.92 Å². The zero-order valence-electron chi connectivity index (χ0n) is 12.3. The first kappa shape index (κ1) is 12.6. The standard InChI is InChI=1S/C16H17N5S/c1-2-12-13(3-1)22-16-14(12)15(18-9-19-16)21-7-11(8-21)6-20-5-4-17-10-20/h4-5,9-11H,1-3,6-8H2. The van der Waals surface area contributed by atoms with E-state index < -0.39 is 0 Å². The highest BCUT2D eigenvalue weighted by molar-refractivity contribution is 7.19. The largest absolute Gasteiger partial charge is 0.355 e. The lowest BCUT2D eigenvalue weighted by atomic mass is 9.99. The lowest BCUT2D eigenvalue weighted by molar-refractivity contribution is 0.356. The van der Waals surface area contributed by atoms with E-state index in [1.807, 2.05) is 30.1 Å². The molecule has 0 amide bonds. The topological polar surface area (TPSA) is 46.8 Å². The zero-order chi connectivity index (χ0) is 14.5. The Balaban J connectivity index is 1.41. The van der Waals surface area contributed by atoms with E-state index in [0.29, 0.717) is 5.92 Å². The summed E-state index contributed by atoms with van der Waals surface area (Å²) in [5.41, 5.74) is 1.52. The molecule has 1 aliphatic carbocycles. The van der Waals surface area contributed by atoms with E-state index >= 15 is 0 Å². The molecule has 1 aliphatic heterocycles. The second-order valence-corrected chi connectivity index (χ2v) is 7.35.